The van der Waals surface area contributed by atoms with Gasteiger partial charge in [0.25, 0.3) is 0 Å². The summed E-state index contributed by atoms with van der Waals surface area (Å²) in [5.41, 5.74) is 0.333. The molecule has 1 aliphatic rings. The Kier molecular flexibility index (Phi) is 7.88. The fourth-order valence-corrected chi connectivity index (χ4v) is 2.24. The third kappa shape index (κ3) is 7.22. The van der Waals surface area contributed by atoms with Gasteiger partial charge in [-0.3, -0.25) is 4.79 Å². The lowest BCUT2D eigenvalue weighted by molar-refractivity contribution is -0.122. The third-order valence-corrected chi connectivity index (χ3v) is 3.50. The van der Waals surface area contributed by atoms with E-state index in [2.05, 4.69) is 38.3 Å². The molecular weight excluding hydrogens is 248 g/mol. The molecule has 0 saturated carbocycles. The molecule has 0 radical (unpaired) electrons. The number of halogens is 1. The number of carbonyl (C=O) groups is 1. The minimum Gasteiger partial charge on any atom is -0.352 e. The van der Waals surface area contributed by atoms with Crippen molar-refractivity contribution in [2.45, 2.75) is 59.4 Å². The Balaban J connectivity index is 0.00000289. The van der Waals surface area contributed by atoms with E-state index in [0.29, 0.717) is 23.8 Å². The van der Waals surface area contributed by atoms with Gasteiger partial charge in [-0.25, -0.2) is 0 Å². The molecule has 2 N–H and O–H groups in total. The number of hydrogen-bond acceptors (Lipinski definition) is 2. The van der Waals surface area contributed by atoms with Crippen LogP contribution in [0.5, 0.6) is 0 Å². The van der Waals surface area contributed by atoms with Crippen LogP contribution in [0.4, 0.5) is 0 Å². The van der Waals surface area contributed by atoms with E-state index in [1.54, 1.807) is 0 Å². The zero-order valence-electron chi connectivity index (χ0n) is 12.2. The van der Waals surface area contributed by atoms with Crippen molar-refractivity contribution in [1.29, 1.82) is 0 Å². The summed E-state index contributed by atoms with van der Waals surface area (Å²) in [6.45, 7) is 10.9. The normalized spacial score (nSPS) is 24.2. The SMILES string of the molecule is CC1CCNCC1NC(=O)CCCC(C)(C)C.Cl. The maximum atomic E-state index is 11.8. The fraction of sp³-hybridized carbons (Fsp3) is 0.929. The quantitative estimate of drug-likeness (QED) is 0.829. The summed E-state index contributed by atoms with van der Waals surface area (Å²) >= 11 is 0. The van der Waals surface area contributed by atoms with E-state index in [4.69, 9.17) is 0 Å². The monoisotopic (exact) mass is 276 g/mol. The van der Waals surface area contributed by atoms with Crippen molar-refractivity contribution in [3.63, 3.8) is 0 Å². The lowest BCUT2D eigenvalue weighted by Gasteiger charge is -2.30. The number of rotatable bonds is 4. The standard InChI is InChI=1S/C14H28N2O.ClH/c1-11-7-9-15-10-12(11)16-13(17)6-5-8-14(2,3)4;/h11-12,15H,5-10H2,1-4H3,(H,16,17);1H. The van der Waals surface area contributed by atoms with E-state index in [9.17, 15) is 4.79 Å². The number of nitrogens with one attached hydrogen (secondary N) is 2. The molecule has 1 aliphatic heterocycles. The number of hydrogen-bond donors (Lipinski definition) is 2. The first-order chi connectivity index (χ1) is 7.88. The topological polar surface area (TPSA) is 41.1 Å². The third-order valence-electron chi connectivity index (χ3n) is 3.50. The van der Waals surface area contributed by atoms with E-state index in [1.807, 2.05) is 0 Å². The van der Waals surface area contributed by atoms with Crippen molar-refractivity contribution in [2.75, 3.05) is 13.1 Å². The van der Waals surface area contributed by atoms with E-state index >= 15 is 0 Å². The predicted molar refractivity (Wildman–Crippen MR) is 79.1 cm³/mol. The van der Waals surface area contributed by atoms with Crippen molar-refractivity contribution in [3.05, 3.63) is 0 Å². The van der Waals surface area contributed by atoms with Gasteiger partial charge in [-0.2, -0.15) is 0 Å². The molecule has 3 nitrogen and oxygen atoms in total. The lowest BCUT2D eigenvalue weighted by atomic mass is 9.89. The zero-order chi connectivity index (χ0) is 12.9. The molecule has 2 atom stereocenters. The van der Waals surface area contributed by atoms with Crippen LogP contribution < -0.4 is 10.6 Å². The Morgan fingerprint density at radius 3 is 2.61 bits per heavy atom. The molecule has 1 rings (SSSR count). The molecule has 0 aromatic carbocycles. The molecule has 0 aromatic rings. The van der Waals surface area contributed by atoms with Gasteiger partial charge in [-0.05, 0) is 37.1 Å². The summed E-state index contributed by atoms with van der Waals surface area (Å²) < 4.78 is 0. The summed E-state index contributed by atoms with van der Waals surface area (Å²) in [7, 11) is 0. The van der Waals surface area contributed by atoms with Crippen molar-refractivity contribution >= 4 is 18.3 Å². The predicted octanol–water partition coefficient (Wildman–Crippen LogP) is 2.74. The maximum absolute atomic E-state index is 11.8. The van der Waals surface area contributed by atoms with Crippen LogP contribution in [0.15, 0.2) is 0 Å². The number of carbonyl (C=O) groups excluding carboxylic acids is 1. The molecule has 1 saturated heterocycles. The van der Waals surface area contributed by atoms with Crippen LogP contribution in [0.2, 0.25) is 0 Å². The minimum atomic E-state index is 0. The Morgan fingerprint density at radius 1 is 1.39 bits per heavy atom. The first-order valence-electron chi connectivity index (χ1n) is 6.88. The molecule has 0 aliphatic carbocycles. The van der Waals surface area contributed by atoms with Crippen molar-refractivity contribution in [2.24, 2.45) is 11.3 Å². The van der Waals surface area contributed by atoms with Gasteiger partial charge in [0.2, 0.25) is 5.91 Å². The van der Waals surface area contributed by atoms with E-state index in [-0.39, 0.29) is 18.3 Å². The average Bonchev–Trinajstić information content (AvgIpc) is 2.19. The Hall–Kier alpha value is -0.280. The van der Waals surface area contributed by atoms with E-state index in [1.165, 1.54) is 0 Å². The number of amides is 1. The van der Waals surface area contributed by atoms with Gasteiger partial charge in [-0.15, -0.1) is 12.4 Å². The Labute approximate surface area is 118 Å². The van der Waals surface area contributed by atoms with Crippen LogP contribution in [0.25, 0.3) is 0 Å². The largest absolute Gasteiger partial charge is 0.352 e. The minimum absolute atomic E-state index is 0. The maximum Gasteiger partial charge on any atom is 0.220 e. The smallest absolute Gasteiger partial charge is 0.220 e. The van der Waals surface area contributed by atoms with Gasteiger partial charge < -0.3 is 10.6 Å². The summed E-state index contributed by atoms with van der Waals surface area (Å²) in [6, 6.07) is 0.325. The molecule has 1 amide bonds. The highest BCUT2D eigenvalue weighted by Crippen LogP contribution is 2.21. The molecule has 18 heavy (non-hydrogen) atoms. The van der Waals surface area contributed by atoms with Crippen LogP contribution in [0.1, 0.15) is 53.4 Å². The highest BCUT2D eigenvalue weighted by Gasteiger charge is 2.22. The molecule has 4 heteroatoms. The van der Waals surface area contributed by atoms with Crippen LogP contribution in [0, 0.1) is 11.3 Å². The molecule has 108 valence electrons. The number of piperidine rings is 1. The summed E-state index contributed by atoms with van der Waals surface area (Å²) in [6.07, 6.45) is 3.93. The lowest BCUT2D eigenvalue weighted by Crippen LogP contribution is -2.50. The van der Waals surface area contributed by atoms with Gasteiger partial charge in [0, 0.05) is 19.0 Å². The van der Waals surface area contributed by atoms with Crippen LogP contribution in [-0.4, -0.2) is 25.0 Å². The molecule has 0 aromatic heterocycles. The first-order valence-corrected chi connectivity index (χ1v) is 6.88. The van der Waals surface area contributed by atoms with Crippen LogP contribution in [0.3, 0.4) is 0 Å². The highest BCUT2D eigenvalue weighted by atomic mass is 35.5. The van der Waals surface area contributed by atoms with Gasteiger partial charge in [0.05, 0.1) is 0 Å². The van der Waals surface area contributed by atoms with Gasteiger partial charge in [0.15, 0.2) is 0 Å². The second-order valence-electron chi connectivity index (χ2n) is 6.56. The van der Waals surface area contributed by atoms with Crippen LogP contribution in [-0.2, 0) is 4.79 Å². The average molecular weight is 277 g/mol. The summed E-state index contributed by atoms with van der Waals surface area (Å²) in [5.74, 6) is 0.817. The summed E-state index contributed by atoms with van der Waals surface area (Å²) in [4.78, 5) is 11.8. The molecule has 1 heterocycles. The first kappa shape index (κ1) is 17.7. The zero-order valence-corrected chi connectivity index (χ0v) is 13.0. The second-order valence-corrected chi connectivity index (χ2v) is 6.56. The molecule has 0 spiro atoms. The van der Waals surface area contributed by atoms with Gasteiger partial charge >= 0.3 is 0 Å². The fourth-order valence-electron chi connectivity index (χ4n) is 2.24. The Bertz CT molecular complexity index is 251. The van der Waals surface area contributed by atoms with Gasteiger partial charge in [0.1, 0.15) is 0 Å². The highest BCUT2D eigenvalue weighted by molar-refractivity contribution is 5.85. The van der Waals surface area contributed by atoms with E-state index in [0.717, 1.165) is 32.4 Å². The second kappa shape index (κ2) is 8.00. The van der Waals surface area contributed by atoms with E-state index < -0.39 is 0 Å². The molecule has 0 bridgehead atoms. The molecule has 1 fully saturated rings. The van der Waals surface area contributed by atoms with Crippen molar-refractivity contribution < 1.29 is 4.79 Å². The van der Waals surface area contributed by atoms with Crippen molar-refractivity contribution in [1.82, 2.24) is 10.6 Å². The van der Waals surface area contributed by atoms with Crippen LogP contribution >= 0.6 is 12.4 Å². The van der Waals surface area contributed by atoms with Crippen molar-refractivity contribution in [3.8, 4) is 0 Å². The molecular formula is C14H29ClN2O. The summed E-state index contributed by atoms with van der Waals surface area (Å²) in [5, 5.41) is 6.49. The molecule has 2 unspecified atom stereocenters. The Morgan fingerprint density at radius 2 is 2.06 bits per heavy atom. The van der Waals surface area contributed by atoms with Gasteiger partial charge in [-0.1, -0.05) is 27.7 Å².